The normalized spacial score (nSPS) is 10.6. The van der Waals surface area contributed by atoms with E-state index in [2.05, 4.69) is 21.2 Å². The van der Waals surface area contributed by atoms with Gasteiger partial charge in [0.05, 0.1) is 4.92 Å². The van der Waals surface area contributed by atoms with E-state index in [9.17, 15) is 14.5 Å². The first-order valence-corrected chi connectivity index (χ1v) is 7.23. The van der Waals surface area contributed by atoms with Crippen LogP contribution in [0.2, 0.25) is 0 Å². The van der Waals surface area contributed by atoms with Gasteiger partial charge in [-0.05, 0) is 36.2 Å². The highest BCUT2D eigenvalue weighted by Crippen LogP contribution is 2.17. The molecule has 6 heteroatoms. The van der Waals surface area contributed by atoms with E-state index in [0.717, 1.165) is 28.6 Å². The Balaban J connectivity index is 1.80. The van der Waals surface area contributed by atoms with Gasteiger partial charge in [-0.1, -0.05) is 34.1 Å². The Bertz CT molecular complexity index is 632. The molecule has 0 aliphatic carbocycles. The molecule has 4 nitrogen and oxygen atoms in total. The van der Waals surface area contributed by atoms with Crippen LogP contribution in [0.15, 0.2) is 46.9 Å². The highest BCUT2D eigenvalue weighted by atomic mass is 79.9. The van der Waals surface area contributed by atoms with Crippen LogP contribution < -0.4 is 5.32 Å². The van der Waals surface area contributed by atoms with Gasteiger partial charge >= 0.3 is 0 Å². The first-order valence-electron chi connectivity index (χ1n) is 6.44. The van der Waals surface area contributed by atoms with Gasteiger partial charge in [-0.3, -0.25) is 10.1 Å². The molecule has 0 heterocycles. The Hall–Kier alpha value is -1.79. The third kappa shape index (κ3) is 4.61. The standard InChI is InChI=1S/C15H14BrFN2O2/c16-15-9-13(17)4-3-12(15)10-18-8-7-11-1-5-14(6-2-11)19(20)21/h1-6,9,18H,7-8,10H2. The van der Waals surface area contributed by atoms with Crippen LogP contribution in [0.5, 0.6) is 0 Å². The molecule has 110 valence electrons. The minimum atomic E-state index is -0.409. The number of halogens is 2. The molecule has 0 aromatic heterocycles. The quantitative estimate of drug-likeness (QED) is 0.488. The molecule has 21 heavy (non-hydrogen) atoms. The fraction of sp³-hybridized carbons (Fsp3) is 0.200. The van der Waals surface area contributed by atoms with Crippen molar-refractivity contribution in [3.63, 3.8) is 0 Å². The van der Waals surface area contributed by atoms with Crippen LogP contribution in [-0.2, 0) is 13.0 Å². The summed E-state index contributed by atoms with van der Waals surface area (Å²) in [4.78, 5) is 10.1. The van der Waals surface area contributed by atoms with Crippen molar-refractivity contribution in [3.05, 3.63) is 74.0 Å². The number of nitrogens with one attached hydrogen (secondary N) is 1. The molecule has 1 N–H and O–H groups in total. The molecular weight excluding hydrogens is 339 g/mol. The summed E-state index contributed by atoms with van der Waals surface area (Å²) in [7, 11) is 0. The fourth-order valence-corrected chi connectivity index (χ4v) is 2.40. The SMILES string of the molecule is O=[N+]([O-])c1ccc(CCNCc2ccc(F)cc2Br)cc1. The summed E-state index contributed by atoms with van der Waals surface area (Å²) in [5.41, 5.74) is 2.12. The molecule has 2 aromatic rings. The maximum atomic E-state index is 12.9. The van der Waals surface area contributed by atoms with E-state index >= 15 is 0 Å². The van der Waals surface area contributed by atoms with Gasteiger partial charge in [-0.25, -0.2) is 4.39 Å². The summed E-state index contributed by atoms with van der Waals surface area (Å²) in [6.07, 6.45) is 0.775. The van der Waals surface area contributed by atoms with E-state index in [1.54, 1.807) is 18.2 Å². The Morgan fingerprint density at radius 3 is 2.52 bits per heavy atom. The van der Waals surface area contributed by atoms with Crippen LogP contribution in [0, 0.1) is 15.9 Å². The number of hydrogen-bond acceptors (Lipinski definition) is 3. The lowest BCUT2D eigenvalue weighted by Crippen LogP contribution is -2.17. The number of nitrogens with zero attached hydrogens (tertiary/aromatic N) is 1. The van der Waals surface area contributed by atoms with E-state index < -0.39 is 4.92 Å². The zero-order valence-corrected chi connectivity index (χ0v) is 12.8. The van der Waals surface area contributed by atoms with E-state index in [1.165, 1.54) is 24.3 Å². The average molecular weight is 353 g/mol. The van der Waals surface area contributed by atoms with Crippen molar-refractivity contribution in [1.29, 1.82) is 0 Å². The van der Waals surface area contributed by atoms with Gasteiger partial charge in [0.25, 0.3) is 5.69 Å². The smallest absolute Gasteiger partial charge is 0.269 e. The van der Waals surface area contributed by atoms with Crippen LogP contribution in [0.1, 0.15) is 11.1 Å². The van der Waals surface area contributed by atoms with E-state index in [4.69, 9.17) is 0 Å². The van der Waals surface area contributed by atoms with Gasteiger partial charge in [0.15, 0.2) is 0 Å². The zero-order valence-electron chi connectivity index (χ0n) is 11.2. The molecule has 2 aromatic carbocycles. The number of rotatable bonds is 6. The number of non-ortho nitro benzene ring substituents is 1. The van der Waals surface area contributed by atoms with Crippen LogP contribution in [-0.4, -0.2) is 11.5 Å². The molecule has 0 unspecified atom stereocenters. The van der Waals surface area contributed by atoms with E-state index in [-0.39, 0.29) is 11.5 Å². The van der Waals surface area contributed by atoms with Gasteiger partial charge in [0, 0.05) is 23.2 Å². The summed E-state index contributed by atoms with van der Waals surface area (Å²) in [6.45, 7) is 1.37. The van der Waals surface area contributed by atoms with Gasteiger partial charge in [0.1, 0.15) is 5.82 Å². The molecule has 0 atom stereocenters. The molecule has 0 aliphatic heterocycles. The fourth-order valence-electron chi connectivity index (χ4n) is 1.91. The number of hydrogen-bond donors (Lipinski definition) is 1. The Kier molecular flexibility index (Phi) is 5.41. The number of nitro groups is 1. The monoisotopic (exact) mass is 352 g/mol. The topological polar surface area (TPSA) is 55.2 Å². The number of nitro benzene ring substituents is 1. The van der Waals surface area contributed by atoms with Crippen molar-refractivity contribution in [2.45, 2.75) is 13.0 Å². The third-order valence-electron chi connectivity index (χ3n) is 3.07. The highest BCUT2D eigenvalue weighted by Gasteiger charge is 2.04. The average Bonchev–Trinajstić information content (AvgIpc) is 2.46. The van der Waals surface area contributed by atoms with Gasteiger partial charge in [-0.15, -0.1) is 0 Å². The minimum absolute atomic E-state index is 0.0990. The first-order chi connectivity index (χ1) is 10.1. The van der Waals surface area contributed by atoms with E-state index in [1.807, 2.05) is 0 Å². The Morgan fingerprint density at radius 1 is 1.19 bits per heavy atom. The summed E-state index contributed by atoms with van der Waals surface area (Å²) in [5, 5.41) is 13.8. The molecule has 0 saturated carbocycles. The zero-order chi connectivity index (χ0) is 15.2. The summed E-state index contributed by atoms with van der Waals surface area (Å²) < 4.78 is 13.7. The summed E-state index contributed by atoms with van der Waals surface area (Å²) >= 11 is 3.32. The molecule has 0 saturated heterocycles. The second kappa shape index (κ2) is 7.28. The molecule has 2 rings (SSSR count). The van der Waals surface area contributed by atoms with Crippen molar-refractivity contribution in [2.24, 2.45) is 0 Å². The number of benzene rings is 2. The molecule has 0 spiro atoms. The van der Waals surface area contributed by atoms with Crippen molar-refractivity contribution in [2.75, 3.05) is 6.54 Å². The summed E-state index contributed by atoms with van der Waals surface area (Å²) in [5.74, 6) is -0.267. The first kappa shape index (κ1) is 15.6. The van der Waals surface area contributed by atoms with E-state index in [0.29, 0.717) is 6.54 Å². The molecule has 0 bridgehead atoms. The Labute approximate surface area is 130 Å². The predicted octanol–water partition coefficient (Wildman–Crippen LogP) is 3.83. The third-order valence-corrected chi connectivity index (χ3v) is 3.81. The predicted molar refractivity (Wildman–Crippen MR) is 82.6 cm³/mol. The lowest BCUT2D eigenvalue weighted by atomic mass is 10.1. The van der Waals surface area contributed by atoms with Gasteiger partial charge in [0.2, 0.25) is 0 Å². The Morgan fingerprint density at radius 2 is 1.90 bits per heavy atom. The maximum Gasteiger partial charge on any atom is 0.269 e. The highest BCUT2D eigenvalue weighted by molar-refractivity contribution is 9.10. The summed E-state index contributed by atoms with van der Waals surface area (Å²) in [6, 6.07) is 11.1. The van der Waals surface area contributed by atoms with Crippen LogP contribution in [0.4, 0.5) is 10.1 Å². The van der Waals surface area contributed by atoms with Crippen molar-refractivity contribution in [3.8, 4) is 0 Å². The van der Waals surface area contributed by atoms with Crippen molar-refractivity contribution >= 4 is 21.6 Å². The van der Waals surface area contributed by atoms with Crippen molar-refractivity contribution < 1.29 is 9.31 Å². The molecular formula is C15H14BrFN2O2. The van der Waals surface area contributed by atoms with Crippen molar-refractivity contribution in [1.82, 2.24) is 5.32 Å². The molecule has 0 aliphatic rings. The molecule has 0 amide bonds. The lowest BCUT2D eigenvalue weighted by Gasteiger charge is -2.07. The maximum absolute atomic E-state index is 12.9. The van der Waals surface area contributed by atoms with Gasteiger partial charge < -0.3 is 5.32 Å². The van der Waals surface area contributed by atoms with Crippen LogP contribution in [0.3, 0.4) is 0 Å². The minimum Gasteiger partial charge on any atom is -0.312 e. The molecule has 0 radical (unpaired) electrons. The largest absolute Gasteiger partial charge is 0.312 e. The van der Waals surface area contributed by atoms with Crippen LogP contribution in [0.25, 0.3) is 0 Å². The molecule has 0 fully saturated rings. The second-order valence-corrected chi connectivity index (χ2v) is 5.44. The van der Waals surface area contributed by atoms with Gasteiger partial charge in [-0.2, -0.15) is 0 Å². The van der Waals surface area contributed by atoms with Crippen LogP contribution >= 0.6 is 15.9 Å². The lowest BCUT2D eigenvalue weighted by molar-refractivity contribution is -0.384. The second-order valence-electron chi connectivity index (χ2n) is 4.59.